The van der Waals surface area contributed by atoms with E-state index in [0.29, 0.717) is 24.0 Å². The molecule has 0 heterocycles. The van der Waals surface area contributed by atoms with E-state index < -0.39 is 6.36 Å². The fourth-order valence-electron chi connectivity index (χ4n) is 1.59. The Balaban J connectivity index is 3.02. The smallest absolute Gasteiger partial charge is 0.507 e. The highest BCUT2D eigenvalue weighted by atomic mass is 19.4. The molecule has 0 saturated heterocycles. The zero-order valence-electron chi connectivity index (χ0n) is 10.2. The molecule has 1 rings (SSSR count). The standard InChI is InChI=1S/C12H16F3NO2/c1-3-9(16)5-8-6-10(18-12(13,14)15)4-7(2)11(8)17/h4,6,9,17H,3,5,16H2,1-2H3. The number of hydrogen-bond donors (Lipinski definition) is 2. The predicted molar refractivity (Wildman–Crippen MR) is 61.5 cm³/mol. The van der Waals surface area contributed by atoms with E-state index in [1.807, 2.05) is 6.92 Å². The summed E-state index contributed by atoms with van der Waals surface area (Å²) in [6.45, 7) is 3.38. The second-order valence-electron chi connectivity index (χ2n) is 4.17. The van der Waals surface area contributed by atoms with Crippen LogP contribution in [-0.2, 0) is 6.42 Å². The van der Waals surface area contributed by atoms with E-state index in [-0.39, 0.29) is 17.5 Å². The van der Waals surface area contributed by atoms with Crippen molar-refractivity contribution in [2.24, 2.45) is 5.73 Å². The summed E-state index contributed by atoms with van der Waals surface area (Å²) < 4.78 is 40.2. The lowest BCUT2D eigenvalue weighted by atomic mass is 10.0. The van der Waals surface area contributed by atoms with E-state index in [4.69, 9.17) is 5.73 Å². The van der Waals surface area contributed by atoms with Crippen molar-refractivity contribution in [2.45, 2.75) is 39.1 Å². The Bertz CT molecular complexity index is 419. The van der Waals surface area contributed by atoms with Gasteiger partial charge < -0.3 is 15.6 Å². The van der Waals surface area contributed by atoms with Crippen molar-refractivity contribution in [3.05, 3.63) is 23.3 Å². The van der Waals surface area contributed by atoms with Crippen LogP contribution in [0.1, 0.15) is 24.5 Å². The molecule has 0 aliphatic heterocycles. The van der Waals surface area contributed by atoms with Crippen LogP contribution in [0.15, 0.2) is 12.1 Å². The van der Waals surface area contributed by atoms with Crippen molar-refractivity contribution in [3.8, 4) is 11.5 Å². The van der Waals surface area contributed by atoms with Crippen LogP contribution in [0, 0.1) is 6.92 Å². The SMILES string of the molecule is CCC(N)Cc1cc(OC(F)(F)F)cc(C)c1O. The van der Waals surface area contributed by atoms with Gasteiger partial charge in [-0.05, 0) is 43.0 Å². The normalized spacial score (nSPS) is 13.4. The summed E-state index contributed by atoms with van der Waals surface area (Å²) in [5.41, 5.74) is 6.42. The maximum absolute atomic E-state index is 12.1. The number of rotatable bonds is 4. The van der Waals surface area contributed by atoms with E-state index in [1.54, 1.807) is 0 Å². The molecule has 0 aliphatic carbocycles. The summed E-state index contributed by atoms with van der Waals surface area (Å²) >= 11 is 0. The quantitative estimate of drug-likeness (QED) is 0.878. The largest absolute Gasteiger partial charge is 0.573 e. The molecular formula is C12H16F3NO2. The average Bonchev–Trinajstić information content (AvgIpc) is 2.22. The molecule has 3 nitrogen and oxygen atoms in total. The van der Waals surface area contributed by atoms with Crippen LogP contribution in [0.4, 0.5) is 13.2 Å². The zero-order chi connectivity index (χ0) is 13.9. The summed E-state index contributed by atoms with van der Waals surface area (Å²) in [5.74, 6) is -0.371. The van der Waals surface area contributed by atoms with Crippen molar-refractivity contribution >= 4 is 0 Å². The molecule has 3 N–H and O–H groups in total. The number of benzene rings is 1. The molecular weight excluding hydrogens is 247 g/mol. The van der Waals surface area contributed by atoms with Crippen molar-refractivity contribution in [3.63, 3.8) is 0 Å². The Kier molecular flexibility index (Phi) is 4.45. The maximum atomic E-state index is 12.1. The van der Waals surface area contributed by atoms with Gasteiger partial charge in [-0.2, -0.15) is 0 Å². The first-order valence-corrected chi connectivity index (χ1v) is 5.56. The second kappa shape index (κ2) is 5.48. The van der Waals surface area contributed by atoms with E-state index >= 15 is 0 Å². The Morgan fingerprint density at radius 1 is 1.39 bits per heavy atom. The molecule has 0 aromatic heterocycles. The number of hydrogen-bond acceptors (Lipinski definition) is 3. The van der Waals surface area contributed by atoms with Crippen LogP contribution in [0.3, 0.4) is 0 Å². The Morgan fingerprint density at radius 3 is 2.50 bits per heavy atom. The number of aromatic hydroxyl groups is 1. The van der Waals surface area contributed by atoms with Crippen molar-refractivity contribution in [2.75, 3.05) is 0 Å². The van der Waals surface area contributed by atoms with Gasteiger partial charge in [-0.1, -0.05) is 6.92 Å². The number of alkyl halides is 3. The minimum atomic E-state index is -4.74. The number of halogens is 3. The van der Waals surface area contributed by atoms with E-state index in [2.05, 4.69) is 4.74 Å². The molecule has 6 heteroatoms. The molecule has 1 aromatic carbocycles. The summed E-state index contributed by atoms with van der Waals surface area (Å²) in [7, 11) is 0. The number of phenolic OH excluding ortho intramolecular Hbond substituents is 1. The van der Waals surface area contributed by atoms with Gasteiger partial charge in [0.05, 0.1) is 0 Å². The van der Waals surface area contributed by atoms with Crippen LogP contribution < -0.4 is 10.5 Å². The molecule has 0 bridgehead atoms. The third-order valence-electron chi connectivity index (χ3n) is 2.59. The highest BCUT2D eigenvalue weighted by Crippen LogP contribution is 2.31. The lowest BCUT2D eigenvalue weighted by Gasteiger charge is -2.15. The molecule has 0 aliphatic rings. The van der Waals surface area contributed by atoms with Crippen molar-refractivity contribution in [1.29, 1.82) is 0 Å². The fraction of sp³-hybridized carbons (Fsp3) is 0.500. The van der Waals surface area contributed by atoms with Gasteiger partial charge in [0.1, 0.15) is 11.5 Å². The summed E-state index contributed by atoms with van der Waals surface area (Å²) in [4.78, 5) is 0. The molecule has 18 heavy (non-hydrogen) atoms. The van der Waals surface area contributed by atoms with Crippen LogP contribution in [0.2, 0.25) is 0 Å². The van der Waals surface area contributed by atoms with Gasteiger partial charge >= 0.3 is 6.36 Å². The number of nitrogens with two attached hydrogens (primary N) is 1. The van der Waals surface area contributed by atoms with Gasteiger partial charge in [0.25, 0.3) is 0 Å². The fourth-order valence-corrected chi connectivity index (χ4v) is 1.59. The molecule has 1 aromatic rings. The van der Waals surface area contributed by atoms with Gasteiger partial charge in [-0.15, -0.1) is 13.2 Å². The molecule has 102 valence electrons. The molecule has 0 amide bonds. The van der Waals surface area contributed by atoms with E-state index in [0.717, 1.165) is 6.07 Å². The van der Waals surface area contributed by atoms with Gasteiger partial charge in [0.15, 0.2) is 0 Å². The van der Waals surface area contributed by atoms with E-state index in [1.165, 1.54) is 13.0 Å². The first kappa shape index (κ1) is 14.6. The average molecular weight is 263 g/mol. The second-order valence-corrected chi connectivity index (χ2v) is 4.17. The summed E-state index contributed by atoms with van der Waals surface area (Å²) in [5, 5.41) is 9.77. The van der Waals surface area contributed by atoms with Gasteiger partial charge in [0, 0.05) is 6.04 Å². The third-order valence-corrected chi connectivity index (χ3v) is 2.59. The minimum absolute atomic E-state index is 0.0339. The van der Waals surface area contributed by atoms with Gasteiger partial charge in [0.2, 0.25) is 0 Å². The van der Waals surface area contributed by atoms with Gasteiger partial charge in [-0.3, -0.25) is 0 Å². The first-order valence-electron chi connectivity index (χ1n) is 5.56. The van der Waals surface area contributed by atoms with Crippen molar-refractivity contribution in [1.82, 2.24) is 0 Å². The molecule has 1 atom stereocenters. The van der Waals surface area contributed by atoms with Crippen LogP contribution >= 0.6 is 0 Å². The van der Waals surface area contributed by atoms with Crippen molar-refractivity contribution < 1.29 is 23.0 Å². The topological polar surface area (TPSA) is 55.5 Å². The molecule has 0 saturated carbocycles. The lowest BCUT2D eigenvalue weighted by molar-refractivity contribution is -0.274. The lowest BCUT2D eigenvalue weighted by Crippen LogP contribution is -2.22. The predicted octanol–water partition coefficient (Wildman–Crippen LogP) is 2.88. The van der Waals surface area contributed by atoms with Crippen LogP contribution in [0.25, 0.3) is 0 Å². The number of phenols is 1. The number of aryl methyl sites for hydroxylation is 1. The van der Waals surface area contributed by atoms with Crippen LogP contribution in [0.5, 0.6) is 11.5 Å². The monoisotopic (exact) mass is 263 g/mol. The van der Waals surface area contributed by atoms with Gasteiger partial charge in [-0.25, -0.2) is 0 Å². The molecule has 1 unspecified atom stereocenters. The Morgan fingerprint density at radius 2 is 2.00 bits per heavy atom. The highest BCUT2D eigenvalue weighted by Gasteiger charge is 2.31. The number of ether oxygens (including phenoxy) is 1. The summed E-state index contributed by atoms with van der Waals surface area (Å²) in [6.07, 6.45) is -3.77. The molecule has 0 fully saturated rings. The zero-order valence-corrected chi connectivity index (χ0v) is 10.2. The summed E-state index contributed by atoms with van der Waals surface area (Å²) in [6, 6.07) is 2.10. The minimum Gasteiger partial charge on any atom is -0.507 e. The molecule has 0 spiro atoms. The molecule has 0 radical (unpaired) electrons. The highest BCUT2D eigenvalue weighted by molar-refractivity contribution is 5.46. The maximum Gasteiger partial charge on any atom is 0.573 e. The van der Waals surface area contributed by atoms with Crippen LogP contribution in [-0.4, -0.2) is 17.5 Å². The Labute approximate surface area is 103 Å². The van der Waals surface area contributed by atoms with E-state index in [9.17, 15) is 18.3 Å². The first-order chi connectivity index (χ1) is 8.23. The Hall–Kier alpha value is -1.43. The third kappa shape index (κ3) is 4.10.